The molecule has 0 spiro atoms. The highest BCUT2D eigenvalue weighted by Gasteiger charge is 2.42. The van der Waals surface area contributed by atoms with Crippen molar-refractivity contribution in [3.63, 3.8) is 0 Å². The number of thiocarbonyl (C=S) groups is 1. The van der Waals surface area contributed by atoms with Crippen molar-refractivity contribution in [2.24, 2.45) is 17.1 Å². The van der Waals surface area contributed by atoms with Crippen molar-refractivity contribution in [1.82, 2.24) is 4.90 Å². The van der Waals surface area contributed by atoms with Crippen LogP contribution in [0, 0.1) is 11.3 Å². The molecular formula is C12H22N2O2S. The van der Waals surface area contributed by atoms with Crippen molar-refractivity contribution in [2.45, 2.75) is 33.1 Å². The first-order valence-electron chi connectivity index (χ1n) is 6.22. The predicted molar refractivity (Wildman–Crippen MR) is 71.6 cm³/mol. The summed E-state index contributed by atoms with van der Waals surface area (Å²) in [5.41, 5.74) is 5.07. The Morgan fingerprint density at radius 3 is 2.47 bits per heavy atom. The Bertz CT molecular complexity index is 303. The Morgan fingerprint density at radius 1 is 1.53 bits per heavy atom. The number of nitrogens with zero attached hydrogens (tertiary/aromatic N) is 1. The van der Waals surface area contributed by atoms with Gasteiger partial charge in [0.1, 0.15) is 0 Å². The fraction of sp³-hybridized carbons (Fsp3) is 0.833. The minimum atomic E-state index is -0.695. The molecule has 3 N–H and O–H groups in total. The number of carbonyl (C=O) groups excluding carboxylic acids is 1. The van der Waals surface area contributed by atoms with E-state index in [-0.39, 0.29) is 18.4 Å². The van der Waals surface area contributed by atoms with Gasteiger partial charge in [0.25, 0.3) is 0 Å². The van der Waals surface area contributed by atoms with Crippen LogP contribution >= 0.6 is 12.2 Å². The summed E-state index contributed by atoms with van der Waals surface area (Å²) in [4.78, 5) is 14.6. The lowest BCUT2D eigenvalue weighted by atomic mass is 9.81. The van der Waals surface area contributed by atoms with E-state index < -0.39 is 5.41 Å². The van der Waals surface area contributed by atoms with Crippen molar-refractivity contribution < 1.29 is 9.90 Å². The van der Waals surface area contributed by atoms with Crippen molar-refractivity contribution in [3.8, 4) is 0 Å². The standard InChI is InChI=1S/C12H22N2O2S/c1-3-12(4-2,10(13)17)11(16)14-6-5-9(7-14)8-15/h9,15H,3-8H2,1-2H3,(H2,13,17). The van der Waals surface area contributed by atoms with Gasteiger partial charge in [0.2, 0.25) is 5.91 Å². The summed E-state index contributed by atoms with van der Waals surface area (Å²) in [6.07, 6.45) is 2.14. The molecule has 0 aromatic carbocycles. The SMILES string of the molecule is CCC(CC)(C(=O)N1CCC(CO)C1)C(N)=S. The Balaban J connectivity index is 2.83. The van der Waals surface area contributed by atoms with E-state index >= 15 is 0 Å². The van der Waals surface area contributed by atoms with Gasteiger partial charge in [0.05, 0.1) is 10.4 Å². The third kappa shape index (κ3) is 2.60. The molecule has 1 atom stereocenters. The highest BCUT2D eigenvalue weighted by Crippen LogP contribution is 2.31. The summed E-state index contributed by atoms with van der Waals surface area (Å²) in [7, 11) is 0. The molecule has 1 saturated heterocycles. The second kappa shape index (κ2) is 5.78. The molecule has 1 amide bonds. The van der Waals surface area contributed by atoms with Crippen LogP contribution in [0.4, 0.5) is 0 Å². The van der Waals surface area contributed by atoms with Gasteiger partial charge in [-0.05, 0) is 19.3 Å². The molecule has 1 unspecified atom stereocenters. The summed E-state index contributed by atoms with van der Waals surface area (Å²) < 4.78 is 0. The van der Waals surface area contributed by atoms with Gasteiger partial charge in [-0.25, -0.2) is 0 Å². The minimum absolute atomic E-state index is 0.0333. The van der Waals surface area contributed by atoms with Crippen LogP contribution in [0.2, 0.25) is 0 Å². The molecule has 1 heterocycles. The van der Waals surface area contributed by atoms with Gasteiger partial charge in [0, 0.05) is 25.6 Å². The molecule has 17 heavy (non-hydrogen) atoms. The lowest BCUT2D eigenvalue weighted by molar-refractivity contribution is -0.137. The van der Waals surface area contributed by atoms with Gasteiger partial charge in [-0.1, -0.05) is 26.1 Å². The van der Waals surface area contributed by atoms with Gasteiger partial charge in [0.15, 0.2) is 0 Å². The van der Waals surface area contributed by atoms with Gasteiger partial charge in [-0.15, -0.1) is 0 Å². The third-order valence-electron chi connectivity index (χ3n) is 3.92. The zero-order chi connectivity index (χ0) is 13.1. The fourth-order valence-electron chi connectivity index (χ4n) is 2.48. The number of hydrogen-bond donors (Lipinski definition) is 2. The van der Waals surface area contributed by atoms with E-state index in [1.54, 1.807) is 4.90 Å². The first kappa shape index (κ1) is 14.4. The molecule has 0 radical (unpaired) electrons. The summed E-state index contributed by atoms with van der Waals surface area (Å²) >= 11 is 5.08. The number of carbonyl (C=O) groups is 1. The summed E-state index contributed by atoms with van der Waals surface area (Å²) in [5.74, 6) is 0.239. The number of hydrogen-bond acceptors (Lipinski definition) is 3. The molecule has 98 valence electrons. The molecule has 4 nitrogen and oxygen atoms in total. The Hall–Kier alpha value is -0.680. The molecule has 1 aliphatic rings. The monoisotopic (exact) mass is 258 g/mol. The van der Waals surface area contributed by atoms with E-state index in [0.29, 0.717) is 30.9 Å². The Kier molecular flexibility index (Phi) is 4.89. The zero-order valence-corrected chi connectivity index (χ0v) is 11.4. The van der Waals surface area contributed by atoms with E-state index in [1.165, 1.54) is 0 Å². The second-order valence-corrected chi connectivity index (χ2v) is 5.18. The zero-order valence-electron chi connectivity index (χ0n) is 10.6. The van der Waals surface area contributed by atoms with E-state index in [4.69, 9.17) is 23.1 Å². The van der Waals surface area contributed by atoms with Crippen molar-refractivity contribution in [2.75, 3.05) is 19.7 Å². The minimum Gasteiger partial charge on any atom is -0.396 e. The van der Waals surface area contributed by atoms with E-state index in [1.807, 2.05) is 13.8 Å². The largest absolute Gasteiger partial charge is 0.396 e. The lowest BCUT2D eigenvalue weighted by Gasteiger charge is -2.33. The average Bonchev–Trinajstić information content (AvgIpc) is 2.79. The molecule has 5 heteroatoms. The summed E-state index contributed by atoms with van der Waals surface area (Å²) in [6, 6.07) is 0. The van der Waals surface area contributed by atoms with Crippen molar-refractivity contribution in [3.05, 3.63) is 0 Å². The van der Waals surface area contributed by atoms with Crippen LogP contribution in [0.1, 0.15) is 33.1 Å². The summed E-state index contributed by atoms with van der Waals surface area (Å²) in [5, 5.41) is 9.10. The molecule has 0 aliphatic carbocycles. The van der Waals surface area contributed by atoms with Crippen LogP contribution in [-0.4, -0.2) is 40.6 Å². The maximum Gasteiger partial charge on any atom is 0.235 e. The number of aliphatic hydroxyl groups is 1. The fourth-order valence-corrected chi connectivity index (χ4v) is 2.85. The third-order valence-corrected chi connectivity index (χ3v) is 4.31. The highest BCUT2D eigenvalue weighted by atomic mass is 32.1. The van der Waals surface area contributed by atoms with Crippen molar-refractivity contribution in [1.29, 1.82) is 0 Å². The Labute approximate surface area is 108 Å². The first-order valence-corrected chi connectivity index (χ1v) is 6.62. The van der Waals surface area contributed by atoms with Gasteiger partial charge >= 0.3 is 0 Å². The van der Waals surface area contributed by atoms with Crippen LogP contribution in [0.15, 0.2) is 0 Å². The molecule has 0 bridgehead atoms. The first-order chi connectivity index (χ1) is 8.01. The second-order valence-electron chi connectivity index (χ2n) is 4.74. The number of nitrogens with two attached hydrogens (primary N) is 1. The molecule has 0 aromatic rings. The van der Waals surface area contributed by atoms with Crippen LogP contribution < -0.4 is 5.73 Å². The number of amides is 1. The molecule has 1 rings (SSSR count). The van der Waals surface area contributed by atoms with Crippen molar-refractivity contribution >= 4 is 23.1 Å². The molecule has 1 aliphatic heterocycles. The Morgan fingerprint density at radius 2 is 2.12 bits per heavy atom. The summed E-state index contributed by atoms with van der Waals surface area (Å²) in [6.45, 7) is 5.36. The van der Waals surface area contributed by atoms with Crippen LogP contribution in [0.5, 0.6) is 0 Å². The lowest BCUT2D eigenvalue weighted by Crippen LogP contribution is -2.49. The van der Waals surface area contributed by atoms with Crippen LogP contribution in [0.25, 0.3) is 0 Å². The molecule has 0 aromatic heterocycles. The quantitative estimate of drug-likeness (QED) is 0.720. The topological polar surface area (TPSA) is 66.6 Å². The predicted octanol–water partition coefficient (Wildman–Crippen LogP) is 0.920. The average molecular weight is 258 g/mol. The van der Waals surface area contributed by atoms with Gasteiger partial charge in [-0.2, -0.15) is 0 Å². The maximum atomic E-state index is 12.5. The van der Waals surface area contributed by atoms with E-state index in [0.717, 1.165) is 6.42 Å². The molecule has 0 saturated carbocycles. The van der Waals surface area contributed by atoms with Crippen LogP contribution in [0.3, 0.4) is 0 Å². The number of aliphatic hydroxyl groups excluding tert-OH is 1. The van der Waals surface area contributed by atoms with Gasteiger partial charge in [-0.3, -0.25) is 4.79 Å². The smallest absolute Gasteiger partial charge is 0.235 e. The highest BCUT2D eigenvalue weighted by molar-refractivity contribution is 7.80. The van der Waals surface area contributed by atoms with E-state index in [9.17, 15) is 4.79 Å². The maximum absolute atomic E-state index is 12.5. The normalized spacial score (nSPS) is 20.6. The molecular weight excluding hydrogens is 236 g/mol. The van der Waals surface area contributed by atoms with Crippen LogP contribution in [-0.2, 0) is 4.79 Å². The number of rotatable bonds is 5. The van der Waals surface area contributed by atoms with E-state index in [2.05, 4.69) is 0 Å². The molecule has 1 fully saturated rings. The number of likely N-dealkylation sites (tertiary alicyclic amines) is 1. The van der Waals surface area contributed by atoms with Gasteiger partial charge < -0.3 is 15.7 Å².